The molecule has 0 N–H and O–H groups in total. The van der Waals surface area contributed by atoms with Gasteiger partial charge >= 0.3 is 0 Å². The molecule has 0 amide bonds. The first-order chi connectivity index (χ1) is 10.0. The Balaban J connectivity index is 1.73. The molecule has 1 aromatic heterocycles. The fourth-order valence-corrected chi connectivity index (χ4v) is 3.62. The molecular formula is C17H26N2O2. The zero-order valence-corrected chi connectivity index (χ0v) is 13.4. The predicted octanol–water partition coefficient (Wildman–Crippen LogP) is 2.96. The predicted molar refractivity (Wildman–Crippen MR) is 81.4 cm³/mol. The molecule has 3 rings (SSSR count). The second-order valence-corrected chi connectivity index (χ2v) is 7.21. The zero-order valence-electron chi connectivity index (χ0n) is 13.4. The number of fused-ring (bicyclic) bond motifs is 1. The van der Waals surface area contributed by atoms with Crippen LogP contribution in [0, 0.1) is 17.8 Å². The van der Waals surface area contributed by atoms with Gasteiger partial charge in [0.25, 0.3) is 0 Å². The average Bonchev–Trinajstić information content (AvgIpc) is 2.85. The highest BCUT2D eigenvalue weighted by Gasteiger charge is 2.33. The number of aromatic nitrogens is 1. The van der Waals surface area contributed by atoms with Gasteiger partial charge < -0.3 is 9.42 Å². The fourth-order valence-electron chi connectivity index (χ4n) is 3.62. The highest BCUT2D eigenvalue weighted by Crippen LogP contribution is 2.33. The Morgan fingerprint density at radius 2 is 2.00 bits per heavy atom. The molecule has 1 unspecified atom stereocenters. The lowest BCUT2D eigenvalue weighted by molar-refractivity contribution is 0.0931. The van der Waals surface area contributed by atoms with E-state index in [9.17, 15) is 4.79 Å². The molecule has 2 heterocycles. The molecule has 4 heteroatoms. The normalized spacial score (nSPS) is 24.6. The molecule has 4 nitrogen and oxygen atoms in total. The molecule has 21 heavy (non-hydrogen) atoms. The van der Waals surface area contributed by atoms with Gasteiger partial charge in [-0.3, -0.25) is 4.79 Å². The summed E-state index contributed by atoms with van der Waals surface area (Å²) < 4.78 is 5.56. The van der Waals surface area contributed by atoms with Crippen molar-refractivity contribution in [3.8, 4) is 0 Å². The maximum Gasteiger partial charge on any atom is 0.168 e. The Kier molecular flexibility index (Phi) is 4.16. The number of nitrogens with zero attached hydrogens (tertiary/aromatic N) is 2. The first kappa shape index (κ1) is 14.8. The van der Waals surface area contributed by atoms with Gasteiger partial charge in [0.15, 0.2) is 5.78 Å². The van der Waals surface area contributed by atoms with E-state index in [0.29, 0.717) is 24.2 Å². The highest BCUT2D eigenvalue weighted by molar-refractivity contribution is 5.99. The molecule has 0 bridgehead atoms. The summed E-state index contributed by atoms with van der Waals surface area (Å²) in [6, 6.07) is 0. The standard InChI is InChI=1S/C17H26N2O2/c1-11(2)13-9-14-17(15(20)10-13)16(21-18-14)8-12-4-6-19(3)7-5-12/h11-13H,4-10H2,1-3H3. The van der Waals surface area contributed by atoms with E-state index < -0.39 is 0 Å². The molecule has 1 fully saturated rings. The number of carbonyl (C=O) groups excluding carboxylic acids is 1. The lowest BCUT2D eigenvalue weighted by Crippen LogP contribution is -2.31. The summed E-state index contributed by atoms with van der Waals surface area (Å²) in [7, 11) is 2.17. The summed E-state index contributed by atoms with van der Waals surface area (Å²) in [5.41, 5.74) is 1.73. The first-order valence-electron chi connectivity index (χ1n) is 8.23. The van der Waals surface area contributed by atoms with Crippen molar-refractivity contribution in [2.24, 2.45) is 17.8 Å². The van der Waals surface area contributed by atoms with Crippen LogP contribution in [-0.2, 0) is 12.8 Å². The van der Waals surface area contributed by atoms with Crippen LogP contribution in [-0.4, -0.2) is 36.0 Å². The maximum atomic E-state index is 12.5. The number of rotatable bonds is 3. The Labute approximate surface area is 126 Å². The van der Waals surface area contributed by atoms with E-state index in [1.807, 2.05) is 0 Å². The van der Waals surface area contributed by atoms with Crippen LogP contribution in [0.1, 0.15) is 54.9 Å². The lowest BCUT2D eigenvalue weighted by Gasteiger charge is -2.28. The summed E-state index contributed by atoms with van der Waals surface area (Å²) in [5.74, 6) is 2.68. The Hall–Kier alpha value is -1.16. The number of Topliss-reactive ketones (excluding diaryl/α,β-unsaturated/α-hetero) is 1. The highest BCUT2D eigenvalue weighted by atomic mass is 16.5. The molecule has 1 atom stereocenters. The molecule has 2 aliphatic rings. The summed E-state index contributed by atoms with van der Waals surface area (Å²) in [6.45, 7) is 6.65. The molecule has 0 radical (unpaired) electrons. The Morgan fingerprint density at radius 1 is 1.29 bits per heavy atom. The third kappa shape index (κ3) is 3.05. The van der Waals surface area contributed by atoms with Gasteiger partial charge in [-0.15, -0.1) is 0 Å². The van der Waals surface area contributed by atoms with Crippen LogP contribution in [0.5, 0.6) is 0 Å². The van der Waals surface area contributed by atoms with Gasteiger partial charge in [0.1, 0.15) is 5.76 Å². The monoisotopic (exact) mass is 290 g/mol. The summed E-state index contributed by atoms with van der Waals surface area (Å²) >= 11 is 0. The molecule has 0 saturated carbocycles. The number of hydrogen-bond acceptors (Lipinski definition) is 4. The van der Waals surface area contributed by atoms with Gasteiger partial charge in [0.2, 0.25) is 0 Å². The number of carbonyl (C=O) groups is 1. The van der Waals surface area contributed by atoms with Crippen LogP contribution in [0.4, 0.5) is 0 Å². The first-order valence-corrected chi connectivity index (χ1v) is 8.23. The van der Waals surface area contributed by atoms with Gasteiger partial charge in [0.05, 0.1) is 11.3 Å². The Morgan fingerprint density at radius 3 is 2.67 bits per heavy atom. The number of hydrogen-bond donors (Lipinski definition) is 0. The molecule has 1 aromatic rings. The van der Waals surface area contributed by atoms with Crippen LogP contribution in [0.25, 0.3) is 0 Å². The molecule has 116 valence electrons. The van der Waals surface area contributed by atoms with Crippen molar-refractivity contribution in [2.45, 2.75) is 46.0 Å². The van der Waals surface area contributed by atoms with Crippen molar-refractivity contribution < 1.29 is 9.32 Å². The summed E-state index contributed by atoms with van der Waals surface area (Å²) in [5, 5.41) is 4.21. The van der Waals surface area contributed by atoms with Crippen molar-refractivity contribution >= 4 is 5.78 Å². The molecule has 1 aliphatic heterocycles. The van der Waals surface area contributed by atoms with E-state index in [1.54, 1.807) is 0 Å². The molecule has 0 aromatic carbocycles. The van der Waals surface area contributed by atoms with E-state index in [0.717, 1.165) is 42.9 Å². The van der Waals surface area contributed by atoms with Gasteiger partial charge in [-0.1, -0.05) is 19.0 Å². The van der Waals surface area contributed by atoms with Crippen LogP contribution in [0.3, 0.4) is 0 Å². The van der Waals surface area contributed by atoms with Gasteiger partial charge in [-0.2, -0.15) is 0 Å². The van der Waals surface area contributed by atoms with E-state index in [2.05, 4.69) is 31.0 Å². The van der Waals surface area contributed by atoms with Crippen LogP contribution < -0.4 is 0 Å². The van der Waals surface area contributed by atoms with E-state index in [-0.39, 0.29) is 5.78 Å². The molecule has 1 saturated heterocycles. The fraction of sp³-hybridized carbons (Fsp3) is 0.765. The van der Waals surface area contributed by atoms with Crippen molar-refractivity contribution in [1.82, 2.24) is 10.1 Å². The van der Waals surface area contributed by atoms with Crippen molar-refractivity contribution in [1.29, 1.82) is 0 Å². The third-order valence-electron chi connectivity index (χ3n) is 5.27. The minimum absolute atomic E-state index is 0.249. The number of ketones is 1. The SMILES string of the molecule is CC(C)C1CC(=O)c2c(noc2CC2CCN(C)CC2)C1. The summed E-state index contributed by atoms with van der Waals surface area (Å²) in [4.78, 5) is 14.8. The number of piperidine rings is 1. The second-order valence-electron chi connectivity index (χ2n) is 7.21. The minimum atomic E-state index is 0.249. The molecule has 1 aliphatic carbocycles. The van der Waals surface area contributed by atoms with Gasteiger partial charge in [-0.25, -0.2) is 0 Å². The van der Waals surface area contributed by atoms with Gasteiger partial charge in [-0.05, 0) is 57.2 Å². The lowest BCUT2D eigenvalue weighted by atomic mass is 9.79. The van der Waals surface area contributed by atoms with Crippen LogP contribution in [0.15, 0.2) is 4.52 Å². The second kappa shape index (κ2) is 5.91. The van der Waals surface area contributed by atoms with Crippen LogP contribution in [0.2, 0.25) is 0 Å². The largest absolute Gasteiger partial charge is 0.360 e. The minimum Gasteiger partial charge on any atom is -0.360 e. The summed E-state index contributed by atoms with van der Waals surface area (Å²) in [6.07, 6.45) is 4.82. The van der Waals surface area contributed by atoms with Crippen molar-refractivity contribution in [2.75, 3.05) is 20.1 Å². The smallest absolute Gasteiger partial charge is 0.168 e. The average molecular weight is 290 g/mol. The Bertz CT molecular complexity index is 513. The maximum absolute atomic E-state index is 12.5. The van der Waals surface area contributed by atoms with E-state index in [4.69, 9.17) is 4.52 Å². The van der Waals surface area contributed by atoms with E-state index >= 15 is 0 Å². The number of likely N-dealkylation sites (tertiary alicyclic amines) is 1. The molecule has 0 spiro atoms. The van der Waals surface area contributed by atoms with Crippen molar-refractivity contribution in [3.05, 3.63) is 17.0 Å². The van der Waals surface area contributed by atoms with Crippen LogP contribution >= 0.6 is 0 Å². The zero-order chi connectivity index (χ0) is 15.0. The third-order valence-corrected chi connectivity index (χ3v) is 5.27. The van der Waals surface area contributed by atoms with E-state index in [1.165, 1.54) is 12.8 Å². The quantitative estimate of drug-likeness (QED) is 0.858. The molecular weight excluding hydrogens is 264 g/mol. The topological polar surface area (TPSA) is 46.3 Å². The van der Waals surface area contributed by atoms with Crippen molar-refractivity contribution in [3.63, 3.8) is 0 Å². The van der Waals surface area contributed by atoms with Gasteiger partial charge in [0, 0.05) is 12.8 Å².